The van der Waals surface area contributed by atoms with Gasteiger partial charge in [0.1, 0.15) is 18.2 Å². The number of nitrogens with zero attached hydrogens (tertiary/aromatic N) is 3. The van der Waals surface area contributed by atoms with Gasteiger partial charge in [-0.25, -0.2) is 4.79 Å². The van der Waals surface area contributed by atoms with Gasteiger partial charge in [0.15, 0.2) is 0 Å². The molecule has 0 aromatic heterocycles. The highest BCUT2D eigenvalue weighted by molar-refractivity contribution is 6.01. The first-order valence-corrected chi connectivity index (χ1v) is 12.3. The van der Waals surface area contributed by atoms with E-state index in [9.17, 15) is 24.3 Å². The molecule has 1 aromatic carbocycles. The molecule has 3 aliphatic rings. The third-order valence-electron chi connectivity index (χ3n) is 7.65. The molecule has 0 aliphatic carbocycles. The number of primary amides is 1. The number of amides is 4. The molecule has 35 heavy (non-hydrogen) atoms. The summed E-state index contributed by atoms with van der Waals surface area (Å²) in [6.07, 6.45) is -0.325. The van der Waals surface area contributed by atoms with Crippen LogP contribution in [-0.2, 0) is 25.5 Å². The average molecular weight is 487 g/mol. The summed E-state index contributed by atoms with van der Waals surface area (Å²) in [7, 11) is 0. The lowest BCUT2D eigenvalue weighted by Crippen LogP contribution is -2.79. The molecule has 3 aliphatic heterocycles. The van der Waals surface area contributed by atoms with Gasteiger partial charge < -0.3 is 30.3 Å². The van der Waals surface area contributed by atoms with Gasteiger partial charge in [0.2, 0.25) is 12.0 Å². The minimum absolute atomic E-state index is 0.00923. The monoisotopic (exact) mass is 486 g/mol. The topological polar surface area (TPSA) is 133 Å². The van der Waals surface area contributed by atoms with Gasteiger partial charge in [0, 0.05) is 19.6 Å². The van der Waals surface area contributed by atoms with Crippen molar-refractivity contribution >= 4 is 23.8 Å². The van der Waals surface area contributed by atoms with Crippen LogP contribution in [0.1, 0.15) is 44.6 Å². The Morgan fingerprint density at radius 2 is 1.83 bits per heavy atom. The molecule has 10 nitrogen and oxygen atoms in total. The third-order valence-corrected chi connectivity index (χ3v) is 7.65. The predicted octanol–water partition coefficient (Wildman–Crippen LogP) is 0.658. The molecule has 0 bridgehead atoms. The van der Waals surface area contributed by atoms with Crippen LogP contribution >= 0.6 is 0 Å². The number of carbonyl (C=O) groups is 4. The zero-order valence-electron chi connectivity index (χ0n) is 20.1. The van der Waals surface area contributed by atoms with Crippen LogP contribution in [0.4, 0.5) is 4.79 Å². The molecule has 4 atom stereocenters. The van der Waals surface area contributed by atoms with Gasteiger partial charge in [0.05, 0.1) is 6.04 Å². The smallest absolute Gasteiger partial charge is 0.405 e. The first kappa shape index (κ1) is 25.0. The first-order valence-electron chi connectivity index (χ1n) is 12.3. The van der Waals surface area contributed by atoms with Crippen LogP contribution in [-0.4, -0.2) is 93.6 Å². The van der Waals surface area contributed by atoms with Crippen LogP contribution < -0.4 is 5.73 Å². The van der Waals surface area contributed by atoms with Crippen molar-refractivity contribution in [3.8, 4) is 0 Å². The number of aryl methyl sites for hydroxylation is 1. The second-order valence-corrected chi connectivity index (χ2v) is 9.66. The molecule has 190 valence electrons. The summed E-state index contributed by atoms with van der Waals surface area (Å²) in [6, 6.07) is 9.07. The summed E-state index contributed by atoms with van der Waals surface area (Å²) >= 11 is 0. The predicted molar refractivity (Wildman–Crippen MR) is 126 cm³/mol. The third kappa shape index (κ3) is 4.71. The Hall–Kier alpha value is -3.14. The maximum Gasteiger partial charge on any atom is 0.405 e. The second kappa shape index (κ2) is 10.2. The van der Waals surface area contributed by atoms with Crippen LogP contribution in [0.5, 0.6) is 0 Å². The normalized spacial score (nSPS) is 25.5. The van der Waals surface area contributed by atoms with Crippen molar-refractivity contribution in [2.24, 2.45) is 5.73 Å². The zero-order chi connectivity index (χ0) is 25.2. The molecule has 3 N–H and O–H groups in total. The van der Waals surface area contributed by atoms with Gasteiger partial charge >= 0.3 is 6.09 Å². The van der Waals surface area contributed by atoms with E-state index in [1.165, 1.54) is 9.80 Å². The summed E-state index contributed by atoms with van der Waals surface area (Å²) in [4.78, 5) is 55.8. The molecule has 3 saturated heterocycles. The SMILES string of the molecule is CC1N(CC(=O)N2CCCC2)C(=O)C12CCCN2C(=O)C(OC(N)=O)C(O)CCc1ccccc1. The van der Waals surface area contributed by atoms with Crippen LogP contribution in [0.15, 0.2) is 30.3 Å². The maximum absolute atomic E-state index is 13.6. The van der Waals surface area contributed by atoms with Gasteiger partial charge in [-0.3, -0.25) is 14.4 Å². The van der Waals surface area contributed by atoms with Gasteiger partial charge in [-0.1, -0.05) is 30.3 Å². The standard InChI is InChI=1S/C25H34N4O6/c1-17-25(23(33)28(17)16-20(31)27-13-5-6-14-27)12-7-15-29(25)22(32)21(35-24(26)34)19(30)11-10-18-8-3-2-4-9-18/h2-4,8-9,17,19,21,30H,5-7,10-16H2,1H3,(H2,26,34). The molecular weight excluding hydrogens is 452 g/mol. The summed E-state index contributed by atoms with van der Waals surface area (Å²) in [5.41, 5.74) is 5.09. The van der Waals surface area contributed by atoms with E-state index in [-0.39, 0.29) is 30.8 Å². The van der Waals surface area contributed by atoms with E-state index >= 15 is 0 Å². The van der Waals surface area contributed by atoms with Crippen molar-refractivity contribution in [1.29, 1.82) is 0 Å². The van der Waals surface area contributed by atoms with Crippen molar-refractivity contribution in [1.82, 2.24) is 14.7 Å². The van der Waals surface area contributed by atoms with Crippen molar-refractivity contribution in [3.05, 3.63) is 35.9 Å². The molecule has 0 radical (unpaired) electrons. The molecule has 4 unspecified atom stereocenters. The van der Waals surface area contributed by atoms with Crippen LogP contribution in [0.2, 0.25) is 0 Å². The Morgan fingerprint density at radius 3 is 2.46 bits per heavy atom. The number of ether oxygens (including phenoxy) is 1. The van der Waals surface area contributed by atoms with Gasteiger partial charge in [-0.15, -0.1) is 0 Å². The fourth-order valence-electron chi connectivity index (χ4n) is 5.70. The fraction of sp³-hybridized carbons (Fsp3) is 0.600. The number of rotatable bonds is 8. The fourth-order valence-corrected chi connectivity index (χ4v) is 5.70. The van der Waals surface area contributed by atoms with Gasteiger partial charge in [-0.05, 0) is 51.0 Å². The molecule has 1 aromatic rings. The summed E-state index contributed by atoms with van der Waals surface area (Å²) in [5.74, 6) is -0.993. The number of hydrogen-bond donors (Lipinski definition) is 2. The number of hydrogen-bond acceptors (Lipinski definition) is 6. The second-order valence-electron chi connectivity index (χ2n) is 9.66. The van der Waals surface area contributed by atoms with E-state index in [2.05, 4.69) is 0 Å². The summed E-state index contributed by atoms with van der Waals surface area (Å²) in [6.45, 7) is 3.54. The van der Waals surface area contributed by atoms with E-state index in [1.54, 1.807) is 4.90 Å². The van der Waals surface area contributed by atoms with Crippen LogP contribution in [0, 0.1) is 0 Å². The Bertz CT molecular complexity index is 966. The van der Waals surface area contributed by atoms with E-state index in [0.717, 1.165) is 18.4 Å². The van der Waals surface area contributed by atoms with E-state index in [0.29, 0.717) is 38.9 Å². The van der Waals surface area contributed by atoms with E-state index in [4.69, 9.17) is 10.5 Å². The number of likely N-dealkylation sites (tertiary alicyclic amines) is 3. The summed E-state index contributed by atoms with van der Waals surface area (Å²) in [5, 5.41) is 10.8. The van der Waals surface area contributed by atoms with Crippen molar-refractivity contribution in [2.45, 2.75) is 69.2 Å². The maximum atomic E-state index is 13.6. The van der Waals surface area contributed by atoms with Crippen molar-refractivity contribution < 1.29 is 29.0 Å². The highest BCUT2D eigenvalue weighted by atomic mass is 16.6. The lowest BCUT2D eigenvalue weighted by molar-refractivity contribution is -0.183. The molecule has 3 fully saturated rings. The largest absolute Gasteiger partial charge is 0.433 e. The highest BCUT2D eigenvalue weighted by Crippen LogP contribution is 2.44. The van der Waals surface area contributed by atoms with Crippen LogP contribution in [0.3, 0.4) is 0 Å². The van der Waals surface area contributed by atoms with Gasteiger partial charge in [0.25, 0.3) is 11.8 Å². The van der Waals surface area contributed by atoms with Crippen LogP contribution in [0.25, 0.3) is 0 Å². The molecule has 3 heterocycles. The molecule has 4 amide bonds. The van der Waals surface area contributed by atoms with E-state index < -0.39 is 29.7 Å². The number of carbonyl (C=O) groups excluding carboxylic acids is 4. The zero-order valence-corrected chi connectivity index (χ0v) is 20.1. The van der Waals surface area contributed by atoms with E-state index in [1.807, 2.05) is 37.3 Å². The number of benzene rings is 1. The van der Waals surface area contributed by atoms with Crippen molar-refractivity contribution in [3.63, 3.8) is 0 Å². The lowest BCUT2D eigenvalue weighted by Gasteiger charge is -2.56. The Kier molecular flexibility index (Phi) is 7.30. The quantitative estimate of drug-likeness (QED) is 0.519. The lowest BCUT2D eigenvalue weighted by atomic mass is 9.77. The minimum atomic E-state index is -1.51. The molecule has 1 spiro atoms. The number of nitrogens with two attached hydrogens (primary N) is 1. The molecular formula is C25H34N4O6. The highest BCUT2D eigenvalue weighted by Gasteiger charge is 2.65. The summed E-state index contributed by atoms with van der Waals surface area (Å²) < 4.78 is 5.08. The Morgan fingerprint density at radius 1 is 1.14 bits per heavy atom. The molecule has 4 rings (SSSR count). The Labute approximate surface area is 205 Å². The number of aliphatic hydroxyl groups excluding tert-OH is 1. The molecule has 0 saturated carbocycles. The minimum Gasteiger partial charge on any atom is -0.433 e. The number of aliphatic hydroxyl groups is 1. The number of β-lactam (4-membered cyclic amide) rings is 1. The Balaban J connectivity index is 1.46. The molecule has 10 heteroatoms. The van der Waals surface area contributed by atoms with Gasteiger partial charge in [-0.2, -0.15) is 0 Å². The van der Waals surface area contributed by atoms with Crippen molar-refractivity contribution in [2.75, 3.05) is 26.2 Å². The average Bonchev–Trinajstić information content (AvgIpc) is 3.55. The first-order chi connectivity index (χ1) is 16.8.